The van der Waals surface area contributed by atoms with Crippen molar-refractivity contribution in [2.75, 3.05) is 0 Å². The Balaban J connectivity index is 1.16. The first-order valence-electron chi connectivity index (χ1n) is 44.9. The minimum absolute atomic E-state index is 0.113. The predicted molar refractivity (Wildman–Crippen MR) is 501 cm³/mol. The molecule has 0 unspecified atom stereocenters. The summed E-state index contributed by atoms with van der Waals surface area (Å²) in [6.45, 7) is 22.6. The van der Waals surface area contributed by atoms with Crippen LogP contribution in [-0.4, -0.2) is 160 Å². The molecule has 8 aromatic carbocycles. The second-order valence-corrected chi connectivity index (χ2v) is 35.8. The van der Waals surface area contributed by atoms with Gasteiger partial charge < -0.3 is 78.8 Å². The van der Waals surface area contributed by atoms with Gasteiger partial charge in [0.05, 0.1) is 31.7 Å². The largest absolute Gasteiger partial charge is 0.480 e. The fourth-order valence-corrected chi connectivity index (χ4v) is 15.4. The summed E-state index contributed by atoms with van der Waals surface area (Å²) in [5.74, 6) is -17.5. The highest BCUT2D eigenvalue weighted by Gasteiger charge is 2.45. The summed E-state index contributed by atoms with van der Waals surface area (Å²) < 4.78 is 11.4. The molecule has 0 spiro atoms. The number of aliphatic carboxylic acids is 1. The van der Waals surface area contributed by atoms with Gasteiger partial charge in [-0.2, -0.15) is 0 Å². The predicted octanol–water partition coefficient (Wildman–Crippen LogP) is 9.50. The summed E-state index contributed by atoms with van der Waals surface area (Å²) >= 11 is 0. The maximum absolute atomic E-state index is 15.9. The van der Waals surface area contributed by atoms with E-state index in [0.717, 1.165) is 5.56 Å². The van der Waals surface area contributed by atoms with Gasteiger partial charge in [0.25, 0.3) is 0 Å². The molecule has 29 nitrogen and oxygen atoms in total. The molecule has 0 saturated carbocycles. The normalized spacial score (nSPS) is 14.6. The topological polar surface area (TPSA) is 436 Å². The summed E-state index contributed by atoms with van der Waals surface area (Å²) in [6, 6.07) is 54.7. The van der Waals surface area contributed by atoms with Crippen molar-refractivity contribution in [1.29, 1.82) is 0 Å². The van der Waals surface area contributed by atoms with Crippen molar-refractivity contribution >= 4 is 82.9 Å². The van der Waals surface area contributed by atoms with Gasteiger partial charge in [0.2, 0.25) is 65.0 Å². The van der Waals surface area contributed by atoms with Gasteiger partial charge in [0.1, 0.15) is 76.7 Å². The summed E-state index contributed by atoms with van der Waals surface area (Å²) in [4.78, 5) is 209. The second-order valence-electron chi connectivity index (χ2n) is 35.8. The van der Waals surface area contributed by atoms with E-state index in [0.29, 0.717) is 45.4 Å². The highest BCUT2D eigenvalue weighted by molar-refractivity contribution is 6.02. The van der Waals surface area contributed by atoms with Crippen molar-refractivity contribution < 1.29 is 81.7 Å². The smallest absolute Gasteiger partial charge is 0.326 e. The lowest BCUT2D eigenvalue weighted by atomic mass is 9.77. The van der Waals surface area contributed by atoms with Crippen LogP contribution in [0, 0.1) is 23.7 Å². The number of carboxylic acid groups (broad SMARTS) is 1. The molecule has 29 heteroatoms. The van der Waals surface area contributed by atoms with E-state index in [1.54, 1.807) is 279 Å². The van der Waals surface area contributed by atoms with E-state index in [9.17, 15) is 29.1 Å². The molecule has 14 N–H and O–H groups in total. The Kier molecular flexibility index (Phi) is 38.3. The Morgan fingerprint density at radius 3 is 0.795 bits per heavy atom. The zero-order chi connectivity index (χ0) is 96.6. The van der Waals surface area contributed by atoms with Crippen LogP contribution in [0.25, 0.3) is 0 Å². The summed E-state index contributed by atoms with van der Waals surface area (Å²) in [6.07, 6.45) is -2.93. The van der Waals surface area contributed by atoms with Crippen LogP contribution in [0.1, 0.15) is 186 Å². The molecule has 0 aliphatic heterocycles. The van der Waals surface area contributed by atoms with Gasteiger partial charge >= 0.3 is 17.9 Å². The number of amides is 11. The quantitative estimate of drug-likeness (QED) is 0.0125. The lowest BCUT2D eigenvalue weighted by Gasteiger charge is -2.37. The number of carboxylic acids is 1. The fraction of sp³-hybridized carbons (Fsp3) is 0.398. The fourth-order valence-electron chi connectivity index (χ4n) is 15.4. The average molecular weight is 1810 g/mol. The monoisotopic (exact) mass is 1800 g/mol. The minimum Gasteiger partial charge on any atom is -0.480 e. The molecule has 0 aromatic heterocycles. The third-order valence-electron chi connectivity index (χ3n) is 22.9. The maximum Gasteiger partial charge on any atom is 0.326 e. The summed E-state index contributed by atoms with van der Waals surface area (Å²) in [5, 5.41) is 41.0. The van der Waals surface area contributed by atoms with Gasteiger partial charge in [-0.3, -0.25) is 62.3 Å². The van der Waals surface area contributed by atoms with Crippen LogP contribution in [0.15, 0.2) is 243 Å². The second kappa shape index (κ2) is 48.8. The van der Waals surface area contributed by atoms with Gasteiger partial charge in [0, 0.05) is 6.42 Å². The Bertz CT molecular complexity index is 4990. The zero-order valence-corrected chi connectivity index (χ0v) is 77.6. The molecule has 0 radical (unpaired) electrons. The van der Waals surface area contributed by atoms with Crippen LogP contribution < -0.4 is 64.2 Å². The third kappa shape index (κ3) is 29.7. The Hall–Kier alpha value is -13.7. The van der Waals surface area contributed by atoms with Gasteiger partial charge in [-0.15, -0.1) is 0 Å². The van der Waals surface area contributed by atoms with Crippen LogP contribution in [0.5, 0.6) is 0 Å². The number of benzene rings is 8. The van der Waals surface area contributed by atoms with Crippen LogP contribution in [0.4, 0.5) is 0 Å². The first-order chi connectivity index (χ1) is 62.7. The van der Waals surface area contributed by atoms with Crippen LogP contribution in [-0.2, 0) is 101 Å². The van der Waals surface area contributed by atoms with E-state index in [1.807, 2.05) is 60.7 Å². The maximum atomic E-state index is 15.9. The molecule has 0 saturated heterocycles. The lowest BCUT2D eigenvalue weighted by Crippen LogP contribution is -2.63. The van der Waals surface area contributed by atoms with Crippen molar-refractivity contribution in [2.45, 2.75) is 237 Å². The number of hydrogen-bond donors (Lipinski definition) is 13. The Morgan fingerprint density at radius 2 is 0.523 bits per heavy atom. The van der Waals surface area contributed by atoms with Crippen LogP contribution in [0.2, 0.25) is 0 Å². The van der Waals surface area contributed by atoms with E-state index >= 15 is 43.2 Å². The van der Waals surface area contributed by atoms with E-state index in [4.69, 9.17) is 15.2 Å². The van der Waals surface area contributed by atoms with E-state index in [-0.39, 0.29) is 25.7 Å². The van der Waals surface area contributed by atoms with Gasteiger partial charge in [-0.1, -0.05) is 317 Å². The molecular weight excluding hydrogens is 1680 g/mol. The standard InChI is InChI=1S/C103H128N12O17/c1-15-65(6)87(111-90(120)76(104)58-68-42-26-18-27-43-68)96(126)108-80(63-85(119)132-101(12,13)14)94(124)112-88(66(7)16-2)97(127)106-77(60-82(116)114-102(70-46-30-20-31-47-70,71-48-32-21-33-49-71)72-50-34-22-35-51-72)91(121)105-79(62-84(118)131-100(9,10)11)93(123)110-86(64(4)5)95(125)113-89(67(8)17-3)98(128)107-78(92(122)109-81(99(129)130)59-69-44-28-19-29-45-69)61-83(117)115-103(73-52-36-23-37-53-73,74-54-38-24-39-55-74)75-56-40-25-41-57-75/h18-57,64-67,76-81,86-89H,15-17,58-63,104H2,1-14H3,(H,105,121)(H,106,127)(H,107,128)(H,108,126)(H,109,122)(H,110,123)(H,111,120)(H,112,124)(H,113,125)(H,114,116)(H,115,117)(H,129,130)/t65-,66-,67-,76-,77-,78-,79-,80-,81-,86-,87-,88-,89-/m0/s1. The van der Waals surface area contributed by atoms with E-state index in [1.165, 1.54) is 0 Å². The average Bonchev–Trinajstić information content (AvgIpc) is 0.756. The number of esters is 2. The van der Waals surface area contributed by atoms with Crippen molar-refractivity contribution in [3.8, 4) is 0 Å². The summed E-state index contributed by atoms with van der Waals surface area (Å²) in [5.41, 5.74) is 5.93. The van der Waals surface area contributed by atoms with Crippen LogP contribution in [0.3, 0.4) is 0 Å². The molecule has 11 amide bonds. The molecule has 0 aliphatic rings. The third-order valence-corrected chi connectivity index (χ3v) is 22.9. The van der Waals surface area contributed by atoms with Gasteiger partial charge in [-0.25, -0.2) is 4.79 Å². The molecule has 13 atom stereocenters. The molecular formula is C103H128N12O17. The van der Waals surface area contributed by atoms with Crippen LogP contribution >= 0.6 is 0 Å². The van der Waals surface area contributed by atoms with Crippen molar-refractivity contribution in [3.63, 3.8) is 0 Å². The van der Waals surface area contributed by atoms with Gasteiger partial charge in [0.15, 0.2) is 0 Å². The number of hydrogen-bond acceptors (Lipinski definition) is 17. The number of ether oxygens (including phenoxy) is 2. The molecule has 0 aliphatic carbocycles. The number of rotatable bonds is 46. The van der Waals surface area contributed by atoms with E-state index in [2.05, 4.69) is 58.5 Å². The van der Waals surface area contributed by atoms with Crippen molar-refractivity contribution in [3.05, 3.63) is 287 Å². The molecule has 0 fully saturated rings. The SMILES string of the molecule is CC[C@H](C)[C@H](NC(=O)[C@H](CC(=O)OC(C)(C)C)NC(=O)[C@@H](NC(=O)[C@@H](N)Cc1ccccc1)[C@@H](C)CC)C(=O)N[C@@H](CC(=O)NC(c1ccccc1)(c1ccccc1)c1ccccc1)C(=O)N[C@@H](CC(=O)OC(C)(C)C)C(=O)N[C@H](C(=O)N[C@H](C(=O)N[C@@H](CC(=O)NC(c1ccccc1)(c1ccccc1)c1ccccc1)C(=O)N[C@@H](Cc1ccccc1)C(=O)O)[C@@H](C)CC)C(C)C. The van der Waals surface area contributed by atoms with Crippen molar-refractivity contribution in [1.82, 2.24) is 58.5 Å². The number of carbonyl (C=O) groups excluding carboxylic acids is 13. The number of nitrogens with two attached hydrogens (primary N) is 1. The first kappa shape index (κ1) is 104. The van der Waals surface area contributed by atoms with E-state index < -0.39 is 215 Å². The zero-order valence-electron chi connectivity index (χ0n) is 77.6. The molecule has 0 heterocycles. The molecule has 0 bridgehead atoms. The molecule has 8 aromatic rings. The highest BCUT2D eigenvalue weighted by atomic mass is 16.6. The highest BCUT2D eigenvalue weighted by Crippen LogP contribution is 2.39. The first-order valence-corrected chi connectivity index (χ1v) is 44.9. The Labute approximate surface area is 773 Å². The summed E-state index contributed by atoms with van der Waals surface area (Å²) in [7, 11) is 0. The molecule has 132 heavy (non-hydrogen) atoms. The van der Waals surface area contributed by atoms with Crippen molar-refractivity contribution in [2.24, 2.45) is 29.4 Å². The Morgan fingerprint density at radius 1 is 0.295 bits per heavy atom. The van der Waals surface area contributed by atoms with Gasteiger partial charge in [-0.05, 0) is 116 Å². The minimum atomic E-state index is -2.06. The lowest BCUT2D eigenvalue weighted by molar-refractivity contribution is -0.157. The number of carbonyl (C=O) groups is 14. The number of nitrogens with one attached hydrogen (secondary N) is 11. The molecule has 8 rings (SSSR count). The molecule has 702 valence electrons.